The highest BCUT2D eigenvalue weighted by Gasteiger charge is 2.22. The Kier molecular flexibility index (Phi) is 7.67. The van der Waals surface area contributed by atoms with Crippen LogP contribution in [0.15, 0.2) is 62.7 Å². The molecule has 0 radical (unpaired) electrons. The average Bonchev–Trinajstić information content (AvgIpc) is 3.28. The first-order valence-electron chi connectivity index (χ1n) is 11.4. The summed E-state index contributed by atoms with van der Waals surface area (Å²) in [6, 6.07) is 16.1. The van der Waals surface area contributed by atoms with Gasteiger partial charge in [0.05, 0.1) is 5.56 Å². The van der Waals surface area contributed by atoms with Gasteiger partial charge in [0.2, 0.25) is 0 Å². The number of nitrogens with one attached hydrogen (secondary N) is 2. The van der Waals surface area contributed by atoms with Crippen molar-refractivity contribution < 1.29 is 9.32 Å². The summed E-state index contributed by atoms with van der Waals surface area (Å²) < 4.78 is 4.56. The third kappa shape index (κ3) is 6.15. The lowest BCUT2D eigenvalue weighted by atomic mass is 9.97. The Labute approximate surface area is 197 Å². The molecule has 1 amide bonds. The van der Waals surface area contributed by atoms with E-state index >= 15 is 0 Å². The molecule has 1 unspecified atom stereocenters. The number of H-pyrrole nitrogens is 1. The molecule has 0 aliphatic carbocycles. The van der Waals surface area contributed by atoms with Crippen LogP contribution in [0.5, 0.6) is 0 Å². The minimum absolute atomic E-state index is 0.00916. The molecule has 1 saturated heterocycles. The second kappa shape index (κ2) is 10.9. The molecule has 2 heterocycles. The molecule has 1 fully saturated rings. The topological polar surface area (TPSA) is 91.2 Å². The van der Waals surface area contributed by atoms with E-state index in [1.165, 1.54) is 6.42 Å². The number of hydrogen-bond donors (Lipinski definition) is 2. The summed E-state index contributed by atoms with van der Waals surface area (Å²) in [5.41, 5.74) is 2.62. The fourth-order valence-corrected chi connectivity index (χ4v) is 5.13. The van der Waals surface area contributed by atoms with Gasteiger partial charge in [-0.15, -0.1) is 11.8 Å². The molecule has 0 saturated carbocycles. The molecular weight excluding hydrogens is 436 g/mol. The minimum Gasteiger partial charge on any atom is -0.352 e. The third-order valence-electron chi connectivity index (χ3n) is 6.03. The van der Waals surface area contributed by atoms with E-state index in [1.807, 2.05) is 48.5 Å². The van der Waals surface area contributed by atoms with Crippen molar-refractivity contribution in [2.24, 2.45) is 5.92 Å². The molecule has 2 N–H and O–H groups in total. The smallest absolute Gasteiger partial charge is 0.352 e. The fourth-order valence-electron chi connectivity index (χ4n) is 4.12. The highest BCUT2D eigenvalue weighted by atomic mass is 32.2. The zero-order chi connectivity index (χ0) is 23.2. The van der Waals surface area contributed by atoms with E-state index in [1.54, 1.807) is 11.8 Å². The maximum atomic E-state index is 13.0. The van der Waals surface area contributed by atoms with Gasteiger partial charge in [0, 0.05) is 35.3 Å². The van der Waals surface area contributed by atoms with Crippen molar-refractivity contribution in [3.63, 3.8) is 0 Å². The minimum atomic E-state index is -0.569. The lowest BCUT2D eigenvalue weighted by Crippen LogP contribution is -2.43. The summed E-state index contributed by atoms with van der Waals surface area (Å²) in [6.45, 7) is 7.38. The van der Waals surface area contributed by atoms with Gasteiger partial charge >= 0.3 is 5.76 Å². The van der Waals surface area contributed by atoms with Crippen molar-refractivity contribution in [3.05, 3.63) is 70.2 Å². The molecule has 3 aromatic rings. The number of hydrogen-bond acceptors (Lipinski definition) is 6. The van der Waals surface area contributed by atoms with E-state index in [-0.39, 0.29) is 5.91 Å². The van der Waals surface area contributed by atoms with Crippen LogP contribution in [-0.2, 0) is 5.75 Å². The predicted octanol–water partition coefficient (Wildman–Crippen LogP) is 4.17. The molecule has 7 nitrogen and oxygen atoms in total. The molecule has 4 rings (SSSR count). The molecule has 1 aromatic heterocycles. The van der Waals surface area contributed by atoms with Crippen LogP contribution in [0, 0.1) is 5.92 Å². The normalized spacial score (nSPS) is 16.8. The summed E-state index contributed by atoms with van der Waals surface area (Å²) in [4.78, 5) is 30.1. The van der Waals surface area contributed by atoms with E-state index < -0.39 is 5.76 Å². The van der Waals surface area contributed by atoms with Gasteiger partial charge < -0.3 is 10.2 Å². The number of carbonyl (C=O) groups excluding carboxylic acids is 1. The highest BCUT2D eigenvalue weighted by molar-refractivity contribution is 7.98. The molecule has 1 aliphatic heterocycles. The number of aromatic nitrogens is 2. The summed E-state index contributed by atoms with van der Waals surface area (Å²) in [5, 5.41) is 6.88. The first kappa shape index (κ1) is 23.3. The number of aromatic amines is 1. The summed E-state index contributed by atoms with van der Waals surface area (Å²) >= 11 is 1.64. The Hall–Kier alpha value is -2.84. The molecule has 174 valence electrons. The Balaban J connectivity index is 1.34. The Bertz CT molecular complexity index is 1120. The molecule has 0 bridgehead atoms. The number of carbonyl (C=O) groups is 1. The fraction of sp³-hybridized carbons (Fsp3) is 0.400. The van der Waals surface area contributed by atoms with Gasteiger partial charge in [0.1, 0.15) is 0 Å². The molecule has 1 aliphatic rings. The SMILES string of the molecule is CC(C)N1CCCC(CNC(=O)c2ccccc2SCc2ccc(-c3noc(=O)[nH]3)cc2)C1. The van der Waals surface area contributed by atoms with Gasteiger partial charge in [-0.1, -0.05) is 41.6 Å². The molecule has 0 spiro atoms. The molecule has 33 heavy (non-hydrogen) atoms. The Morgan fingerprint density at radius 2 is 2.03 bits per heavy atom. The quantitative estimate of drug-likeness (QED) is 0.484. The van der Waals surface area contributed by atoms with Crippen LogP contribution in [0.4, 0.5) is 0 Å². The number of rotatable bonds is 8. The lowest BCUT2D eigenvalue weighted by Gasteiger charge is -2.35. The van der Waals surface area contributed by atoms with Gasteiger partial charge in [-0.05, 0) is 56.8 Å². The zero-order valence-corrected chi connectivity index (χ0v) is 19.9. The van der Waals surface area contributed by atoms with Crippen LogP contribution in [0.2, 0.25) is 0 Å². The Morgan fingerprint density at radius 1 is 1.24 bits per heavy atom. The van der Waals surface area contributed by atoms with Crippen molar-refractivity contribution in [1.29, 1.82) is 0 Å². The largest absolute Gasteiger partial charge is 0.439 e. The van der Waals surface area contributed by atoms with Crippen LogP contribution < -0.4 is 11.1 Å². The van der Waals surface area contributed by atoms with E-state index in [2.05, 4.69) is 38.7 Å². The maximum Gasteiger partial charge on any atom is 0.439 e. The number of likely N-dealkylation sites (tertiary alicyclic amines) is 1. The summed E-state index contributed by atoms with van der Waals surface area (Å²) in [6.07, 6.45) is 2.36. The van der Waals surface area contributed by atoms with E-state index in [0.717, 1.165) is 46.8 Å². The van der Waals surface area contributed by atoms with E-state index in [4.69, 9.17) is 0 Å². The van der Waals surface area contributed by atoms with E-state index in [9.17, 15) is 9.59 Å². The molecule has 1 atom stereocenters. The monoisotopic (exact) mass is 466 g/mol. The first-order chi connectivity index (χ1) is 16.0. The molecule has 2 aromatic carbocycles. The van der Waals surface area contributed by atoms with Gasteiger partial charge in [-0.25, -0.2) is 4.79 Å². The second-order valence-corrected chi connectivity index (χ2v) is 9.75. The average molecular weight is 467 g/mol. The Morgan fingerprint density at radius 3 is 2.76 bits per heavy atom. The number of amides is 1. The van der Waals surface area contributed by atoms with Crippen molar-refractivity contribution in [2.75, 3.05) is 19.6 Å². The number of piperidine rings is 1. The zero-order valence-electron chi connectivity index (χ0n) is 19.0. The molecular formula is C25H30N4O3S. The van der Waals surface area contributed by atoms with Crippen LogP contribution in [0.25, 0.3) is 11.4 Å². The summed E-state index contributed by atoms with van der Waals surface area (Å²) in [7, 11) is 0. The molecule has 8 heteroatoms. The second-order valence-electron chi connectivity index (χ2n) is 8.73. The first-order valence-corrected chi connectivity index (χ1v) is 12.4. The standard InChI is InChI=1S/C25H30N4O3S/c1-17(2)29-13-5-6-19(15-29)14-26-24(30)21-7-3-4-8-22(21)33-16-18-9-11-20(12-10-18)23-27-25(31)32-28-23/h3-4,7-12,17,19H,5-6,13-16H2,1-2H3,(H,26,30)(H,27,28,31). The van der Waals surface area contributed by atoms with Gasteiger partial charge in [0.15, 0.2) is 5.82 Å². The third-order valence-corrected chi connectivity index (χ3v) is 7.17. The van der Waals surface area contributed by atoms with Crippen LogP contribution in [0.1, 0.15) is 42.6 Å². The maximum absolute atomic E-state index is 13.0. The highest BCUT2D eigenvalue weighted by Crippen LogP contribution is 2.27. The van der Waals surface area contributed by atoms with Gasteiger partial charge in [0.25, 0.3) is 5.91 Å². The predicted molar refractivity (Wildman–Crippen MR) is 130 cm³/mol. The van der Waals surface area contributed by atoms with Crippen LogP contribution >= 0.6 is 11.8 Å². The van der Waals surface area contributed by atoms with Crippen molar-refractivity contribution in [3.8, 4) is 11.4 Å². The summed E-state index contributed by atoms with van der Waals surface area (Å²) in [5.74, 6) is 1.07. The number of thioether (sulfide) groups is 1. The van der Waals surface area contributed by atoms with Gasteiger partial charge in [-0.3, -0.25) is 14.3 Å². The lowest BCUT2D eigenvalue weighted by molar-refractivity contribution is 0.0920. The van der Waals surface area contributed by atoms with E-state index in [0.29, 0.717) is 24.3 Å². The van der Waals surface area contributed by atoms with Crippen molar-refractivity contribution >= 4 is 17.7 Å². The number of nitrogens with zero attached hydrogens (tertiary/aromatic N) is 2. The number of benzene rings is 2. The van der Waals surface area contributed by atoms with Gasteiger partial charge in [-0.2, -0.15) is 0 Å². The van der Waals surface area contributed by atoms with Crippen molar-refractivity contribution in [1.82, 2.24) is 20.4 Å². The van der Waals surface area contributed by atoms with Crippen LogP contribution in [-0.4, -0.2) is 46.6 Å². The van der Waals surface area contributed by atoms with Crippen LogP contribution in [0.3, 0.4) is 0 Å². The van der Waals surface area contributed by atoms with Crippen molar-refractivity contribution in [2.45, 2.75) is 43.4 Å².